The van der Waals surface area contributed by atoms with Gasteiger partial charge in [-0.3, -0.25) is 9.59 Å². The molecule has 0 aromatic heterocycles. The number of Topliss-reactive ketones (excluding diaryl/α,β-unsaturated/α-hetero) is 1. The number of nitrogens with two attached hydrogens (primary N) is 1. The molecular formula is C19H29ClN2O5. The van der Waals surface area contributed by atoms with Crippen molar-refractivity contribution in [1.29, 1.82) is 0 Å². The number of methoxy groups -OCH3 is 3. The Labute approximate surface area is 166 Å². The van der Waals surface area contributed by atoms with Crippen LogP contribution in [-0.4, -0.2) is 57.1 Å². The minimum Gasteiger partial charge on any atom is -0.496 e. The number of halogens is 1. The lowest BCUT2D eigenvalue weighted by Crippen LogP contribution is -2.39. The van der Waals surface area contributed by atoms with Gasteiger partial charge in [-0.15, -0.1) is 12.4 Å². The number of carbonyl (C=O) groups excluding carboxylic acids is 2. The van der Waals surface area contributed by atoms with Crippen LogP contribution < -0.4 is 19.9 Å². The Morgan fingerprint density at radius 1 is 1.04 bits per heavy atom. The summed E-state index contributed by atoms with van der Waals surface area (Å²) in [6, 6.07) is 3.22. The van der Waals surface area contributed by atoms with Crippen molar-refractivity contribution >= 4 is 24.1 Å². The molecule has 0 spiro atoms. The Bertz CT molecular complexity index is 653. The number of likely N-dealkylation sites (tertiary alicyclic amines) is 1. The lowest BCUT2D eigenvalue weighted by atomic mass is 10.0. The monoisotopic (exact) mass is 400 g/mol. The summed E-state index contributed by atoms with van der Waals surface area (Å²) in [5, 5.41) is 0. The minimum absolute atomic E-state index is 0. The SMILES string of the molecule is COc1cc(OC)c(C(=O)CCC(=O)N2CCCCC(N)C2)cc1OC.Cl. The van der Waals surface area contributed by atoms with Crippen LogP contribution in [0.5, 0.6) is 17.2 Å². The summed E-state index contributed by atoms with van der Waals surface area (Å²) in [5.74, 6) is 1.12. The van der Waals surface area contributed by atoms with Crippen LogP contribution in [0.1, 0.15) is 42.5 Å². The molecule has 2 N–H and O–H groups in total. The van der Waals surface area contributed by atoms with Crippen LogP contribution in [0, 0.1) is 0 Å². The molecule has 1 amide bonds. The molecule has 0 aliphatic carbocycles. The first-order chi connectivity index (χ1) is 12.5. The van der Waals surface area contributed by atoms with Crippen molar-refractivity contribution in [1.82, 2.24) is 4.90 Å². The van der Waals surface area contributed by atoms with E-state index in [1.165, 1.54) is 21.3 Å². The molecular weight excluding hydrogens is 372 g/mol. The molecule has 1 saturated heterocycles. The molecule has 0 radical (unpaired) electrons. The molecule has 0 saturated carbocycles. The molecule has 1 aromatic carbocycles. The van der Waals surface area contributed by atoms with Crippen molar-refractivity contribution in [3.05, 3.63) is 17.7 Å². The first-order valence-corrected chi connectivity index (χ1v) is 8.86. The summed E-state index contributed by atoms with van der Waals surface area (Å²) in [7, 11) is 4.51. The summed E-state index contributed by atoms with van der Waals surface area (Å²) < 4.78 is 15.8. The molecule has 27 heavy (non-hydrogen) atoms. The van der Waals surface area contributed by atoms with Gasteiger partial charge in [0.15, 0.2) is 17.3 Å². The smallest absolute Gasteiger partial charge is 0.223 e. The fourth-order valence-corrected chi connectivity index (χ4v) is 3.16. The molecule has 1 unspecified atom stereocenters. The van der Waals surface area contributed by atoms with E-state index in [0.717, 1.165) is 19.3 Å². The Hall–Kier alpha value is -1.99. The maximum absolute atomic E-state index is 12.6. The van der Waals surface area contributed by atoms with Gasteiger partial charge in [0.2, 0.25) is 5.91 Å². The van der Waals surface area contributed by atoms with Gasteiger partial charge >= 0.3 is 0 Å². The molecule has 1 aliphatic rings. The summed E-state index contributed by atoms with van der Waals surface area (Å²) in [6.07, 6.45) is 3.19. The predicted molar refractivity (Wildman–Crippen MR) is 105 cm³/mol. The Morgan fingerprint density at radius 3 is 2.30 bits per heavy atom. The van der Waals surface area contributed by atoms with Crippen molar-refractivity contribution in [2.24, 2.45) is 5.73 Å². The predicted octanol–water partition coefficient (Wildman–Crippen LogP) is 2.44. The number of benzene rings is 1. The second kappa shape index (κ2) is 11.0. The van der Waals surface area contributed by atoms with Crippen molar-refractivity contribution in [3.63, 3.8) is 0 Å². The third kappa shape index (κ3) is 6.01. The van der Waals surface area contributed by atoms with Crippen LogP contribution in [0.3, 0.4) is 0 Å². The first kappa shape index (κ1) is 23.0. The quantitative estimate of drug-likeness (QED) is 0.707. The second-order valence-electron chi connectivity index (χ2n) is 6.43. The van der Waals surface area contributed by atoms with Crippen LogP contribution in [0.2, 0.25) is 0 Å². The fraction of sp³-hybridized carbons (Fsp3) is 0.579. The van der Waals surface area contributed by atoms with Gasteiger partial charge in [0.05, 0.1) is 26.9 Å². The van der Waals surface area contributed by atoms with Gasteiger partial charge in [-0.2, -0.15) is 0 Å². The Kier molecular flexibility index (Phi) is 9.38. The van der Waals surface area contributed by atoms with Gasteiger partial charge in [0, 0.05) is 38.0 Å². The van der Waals surface area contributed by atoms with Crippen molar-refractivity contribution in [3.8, 4) is 17.2 Å². The Morgan fingerprint density at radius 2 is 1.67 bits per heavy atom. The highest BCUT2D eigenvalue weighted by molar-refractivity contribution is 6.01. The zero-order chi connectivity index (χ0) is 19.1. The average molecular weight is 401 g/mol. The van der Waals surface area contributed by atoms with Crippen LogP contribution in [0.4, 0.5) is 0 Å². The van der Waals surface area contributed by atoms with Gasteiger partial charge < -0.3 is 24.8 Å². The van der Waals surface area contributed by atoms with E-state index in [4.69, 9.17) is 19.9 Å². The molecule has 1 aromatic rings. The highest BCUT2D eigenvalue weighted by Crippen LogP contribution is 2.35. The number of carbonyl (C=O) groups is 2. The van der Waals surface area contributed by atoms with E-state index in [2.05, 4.69) is 0 Å². The molecule has 2 rings (SSSR count). The van der Waals surface area contributed by atoms with Crippen LogP contribution in [-0.2, 0) is 4.79 Å². The summed E-state index contributed by atoms with van der Waals surface area (Å²) in [6.45, 7) is 1.27. The zero-order valence-electron chi connectivity index (χ0n) is 16.2. The third-order valence-corrected chi connectivity index (χ3v) is 4.63. The summed E-state index contributed by atoms with van der Waals surface area (Å²) in [5.41, 5.74) is 6.38. The normalized spacial score (nSPS) is 16.7. The van der Waals surface area contributed by atoms with Crippen molar-refractivity contribution < 1.29 is 23.8 Å². The number of ether oxygens (including phenoxy) is 3. The van der Waals surface area contributed by atoms with E-state index in [0.29, 0.717) is 35.9 Å². The van der Waals surface area contributed by atoms with Crippen molar-refractivity contribution in [2.45, 2.75) is 38.1 Å². The van der Waals surface area contributed by atoms with Gasteiger partial charge in [-0.25, -0.2) is 0 Å². The van der Waals surface area contributed by atoms with Crippen LogP contribution in [0.25, 0.3) is 0 Å². The van der Waals surface area contributed by atoms with Crippen molar-refractivity contribution in [2.75, 3.05) is 34.4 Å². The molecule has 8 heteroatoms. The number of nitrogens with zero attached hydrogens (tertiary/aromatic N) is 1. The molecule has 152 valence electrons. The van der Waals surface area contributed by atoms with Crippen LogP contribution in [0.15, 0.2) is 12.1 Å². The first-order valence-electron chi connectivity index (χ1n) is 8.86. The number of ketones is 1. The molecule has 1 atom stereocenters. The standard InChI is InChI=1S/C19H28N2O5.ClH/c1-24-16-11-18(26-3)17(25-2)10-14(16)15(22)7-8-19(23)21-9-5-4-6-13(20)12-21;/h10-11,13H,4-9,12,20H2,1-3H3;1H. The van der Waals surface area contributed by atoms with E-state index >= 15 is 0 Å². The minimum atomic E-state index is -0.171. The maximum Gasteiger partial charge on any atom is 0.223 e. The van der Waals surface area contributed by atoms with E-state index < -0.39 is 0 Å². The van der Waals surface area contributed by atoms with Gasteiger partial charge in [0.25, 0.3) is 0 Å². The molecule has 1 aliphatic heterocycles. The zero-order valence-corrected chi connectivity index (χ0v) is 17.0. The summed E-state index contributed by atoms with van der Waals surface area (Å²) >= 11 is 0. The molecule has 1 heterocycles. The number of hydrogen-bond acceptors (Lipinski definition) is 6. The van der Waals surface area contributed by atoms with E-state index in [1.807, 2.05) is 0 Å². The molecule has 1 fully saturated rings. The largest absolute Gasteiger partial charge is 0.496 e. The maximum atomic E-state index is 12.6. The second-order valence-corrected chi connectivity index (χ2v) is 6.43. The number of rotatable bonds is 7. The number of hydrogen-bond donors (Lipinski definition) is 1. The topological polar surface area (TPSA) is 91.1 Å². The fourth-order valence-electron chi connectivity index (χ4n) is 3.16. The van der Waals surface area contributed by atoms with Gasteiger partial charge in [-0.05, 0) is 18.9 Å². The Balaban J connectivity index is 0.00000364. The average Bonchev–Trinajstić information content (AvgIpc) is 2.88. The lowest BCUT2D eigenvalue weighted by Gasteiger charge is -2.22. The highest BCUT2D eigenvalue weighted by Gasteiger charge is 2.22. The van der Waals surface area contributed by atoms with Gasteiger partial charge in [-0.1, -0.05) is 6.42 Å². The highest BCUT2D eigenvalue weighted by atomic mass is 35.5. The van der Waals surface area contributed by atoms with E-state index in [-0.39, 0.29) is 43.0 Å². The van der Waals surface area contributed by atoms with Crippen LogP contribution >= 0.6 is 12.4 Å². The molecule has 7 nitrogen and oxygen atoms in total. The molecule has 0 bridgehead atoms. The summed E-state index contributed by atoms with van der Waals surface area (Å²) in [4.78, 5) is 26.9. The lowest BCUT2D eigenvalue weighted by molar-refractivity contribution is -0.131. The van der Waals surface area contributed by atoms with E-state index in [9.17, 15) is 9.59 Å². The van der Waals surface area contributed by atoms with E-state index in [1.54, 1.807) is 17.0 Å². The third-order valence-electron chi connectivity index (χ3n) is 4.63. The number of amides is 1. The van der Waals surface area contributed by atoms with Gasteiger partial charge in [0.1, 0.15) is 5.75 Å².